The van der Waals surface area contributed by atoms with Crippen molar-refractivity contribution in [2.45, 2.75) is 20.0 Å². The molecule has 0 bridgehead atoms. The molecule has 0 spiro atoms. The highest BCUT2D eigenvalue weighted by Gasteiger charge is 2.07. The predicted molar refractivity (Wildman–Crippen MR) is 84.6 cm³/mol. The van der Waals surface area contributed by atoms with Crippen LogP contribution in [-0.4, -0.2) is 31.1 Å². The Morgan fingerprint density at radius 2 is 2.15 bits per heavy atom. The molecule has 1 aromatic carbocycles. The van der Waals surface area contributed by atoms with E-state index in [9.17, 15) is 0 Å². The van der Waals surface area contributed by atoms with Crippen molar-refractivity contribution in [1.82, 2.24) is 9.88 Å². The van der Waals surface area contributed by atoms with Crippen LogP contribution in [0, 0.1) is 6.92 Å². The van der Waals surface area contributed by atoms with Gasteiger partial charge in [-0.15, -0.1) is 11.3 Å². The van der Waals surface area contributed by atoms with Gasteiger partial charge in [0.1, 0.15) is 5.75 Å². The number of rotatable bonds is 6. The van der Waals surface area contributed by atoms with Gasteiger partial charge in [0.25, 0.3) is 0 Å². The van der Waals surface area contributed by atoms with Crippen molar-refractivity contribution in [2.24, 2.45) is 0 Å². The number of methoxy groups -OCH3 is 1. The van der Waals surface area contributed by atoms with Crippen molar-refractivity contribution in [2.75, 3.05) is 26.5 Å². The minimum absolute atomic E-state index is 0.776. The molecule has 0 aliphatic carbocycles. The second-order valence-corrected chi connectivity index (χ2v) is 5.93. The van der Waals surface area contributed by atoms with Gasteiger partial charge in [0, 0.05) is 11.4 Å². The maximum atomic E-state index is 5.42. The van der Waals surface area contributed by atoms with Crippen LogP contribution < -0.4 is 10.1 Å². The van der Waals surface area contributed by atoms with E-state index in [-0.39, 0.29) is 0 Å². The maximum absolute atomic E-state index is 5.42. The van der Waals surface area contributed by atoms with E-state index in [2.05, 4.69) is 41.4 Å². The number of thiazole rings is 1. The first-order valence-electron chi connectivity index (χ1n) is 6.54. The zero-order chi connectivity index (χ0) is 14.5. The van der Waals surface area contributed by atoms with Crippen LogP contribution in [0.3, 0.4) is 0 Å². The van der Waals surface area contributed by atoms with E-state index in [1.807, 2.05) is 18.5 Å². The number of benzene rings is 1. The minimum atomic E-state index is 0.776. The molecular formula is C15H21N3OS. The Morgan fingerprint density at radius 3 is 2.75 bits per heavy atom. The first kappa shape index (κ1) is 14.8. The number of aromatic nitrogens is 1. The fourth-order valence-corrected chi connectivity index (χ4v) is 2.74. The summed E-state index contributed by atoms with van der Waals surface area (Å²) in [4.78, 5) is 7.68. The quantitative estimate of drug-likeness (QED) is 0.887. The normalized spacial score (nSPS) is 10.8. The molecule has 0 aliphatic rings. The number of nitrogens with zero attached hydrogens (tertiary/aromatic N) is 2. The zero-order valence-electron chi connectivity index (χ0n) is 12.4. The molecular weight excluding hydrogens is 270 g/mol. The number of nitrogens with one attached hydrogen (secondary N) is 1. The van der Waals surface area contributed by atoms with Crippen molar-refractivity contribution in [3.05, 3.63) is 39.8 Å². The Hall–Kier alpha value is -1.59. The molecule has 4 nitrogen and oxygen atoms in total. The molecule has 2 rings (SSSR count). The molecule has 0 amide bonds. The molecule has 0 radical (unpaired) electrons. The van der Waals surface area contributed by atoms with E-state index in [1.165, 1.54) is 10.4 Å². The predicted octanol–water partition coefficient (Wildman–Crippen LogP) is 3.13. The van der Waals surface area contributed by atoms with Crippen molar-refractivity contribution in [1.29, 1.82) is 0 Å². The van der Waals surface area contributed by atoms with E-state index >= 15 is 0 Å². The van der Waals surface area contributed by atoms with E-state index in [1.54, 1.807) is 18.4 Å². The Balaban J connectivity index is 2.13. The van der Waals surface area contributed by atoms with Gasteiger partial charge in [-0.25, -0.2) is 4.98 Å². The summed E-state index contributed by atoms with van der Waals surface area (Å²) in [6.07, 6.45) is 0. The van der Waals surface area contributed by atoms with Crippen molar-refractivity contribution in [3.8, 4) is 5.75 Å². The lowest BCUT2D eigenvalue weighted by Gasteiger charge is -2.15. The molecule has 0 saturated carbocycles. The van der Waals surface area contributed by atoms with E-state index in [0.717, 1.165) is 30.2 Å². The summed E-state index contributed by atoms with van der Waals surface area (Å²) in [7, 11) is 5.83. The fourth-order valence-electron chi connectivity index (χ4n) is 2.03. The van der Waals surface area contributed by atoms with Gasteiger partial charge in [-0.1, -0.05) is 6.07 Å². The molecule has 20 heavy (non-hydrogen) atoms. The average Bonchev–Trinajstić information content (AvgIpc) is 2.81. The van der Waals surface area contributed by atoms with Crippen molar-refractivity contribution < 1.29 is 4.74 Å². The Bertz CT molecular complexity index is 566. The summed E-state index contributed by atoms with van der Waals surface area (Å²) in [5, 5.41) is 3.45. The molecule has 5 heteroatoms. The third-order valence-electron chi connectivity index (χ3n) is 3.05. The third-order valence-corrected chi connectivity index (χ3v) is 3.98. The second-order valence-electron chi connectivity index (χ2n) is 4.99. The van der Waals surface area contributed by atoms with Crippen molar-refractivity contribution >= 4 is 17.0 Å². The van der Waals surface area contributed by atoms with Crippen LogP contribution in [0.25, 0.3) is 0 Å². The zero-order valence-corrected chi connectivity index (χ0v) is 13.3. The number of ether oxygens (including phenoxy) is 1. The van der Waals surface area contributed by atoms with Crippen LogP contribution in [0.2, 0.25) is 0 Å². The summed E-state index contributed by atoms with van der Waals surface area (Å²) in [5.74, 6) is 0.870. The van der Waals surface area contributed by atoms with Gasteiger partial charge in [-0.05, 0) is 38.7 Å². The van der Waals surface area contributed by atoms with Crippen LogP contribution in [0.4, 0.5) is 5.69 Å². The topological polar surface area (TPSA) is 37.4 Å². The largest absolute Gasteiger partial charge is 0.495 e. The van der Waals surface area contributed by atoms with Crippen molar-refractivity contribution in [3.63, 3.8) is 0 Å². The lowest BCUT2D eigenvalue weighted by Crippen LogP contribution is -2.11. The summed E-state index contributed by atoms with van der Waals surface area (Å²) in [5.41, 5.74) is 5.26. The molecule has 1 heterocycles. The van der Waals surface area contributed by atoms with Crippen LogP contribution >= 0.6 is 11.3 Å². The highest BCUT2D eigenvalue weighted by atomic mass is 32.1. The van der Waals surface area contributed by atoms with Gasteiger partial charge in [0.2, 0.25) is 0 Å². The highest BCUT2D eigenvalue weighted by Crippen LogP contribution is 2.27. The van der Waals surface area contributed by atoms with E-state index in [4.69, 9.17) is 4.74 Å². The summed E-state index contributed by atoms with van der Waals surface area (Å²) in [6.45, 7) is 3.73. The Kier molecular flexibility index (Phi) is 4.98. The first-order chi connectivity index (χ1) is 9.60. The van der Waals surface area contributed by atoms with Gasteiger partial charge in [-0.2, -0.15) is 0 Å². The molecule has 0 aliphatic heterocycles. The molecule has 0 unspecified atom stereocenters. The SMILES string of the molecule is COc1ccc(CN(C)C)cc1NCc1scnc1C. The average molecular weight is 291 g/mol. The fraction of sp³-hybridized carbons (Fsp3) is 0.400. The van der Waals surface area contributed by atoms with Crippen LogP contribution in [-0.2, 0) is 13.1 Å². The summed E-state index contributed by atoms with van der Waals surface area (Å²) < 4.78 is 5.42. The molecule has 0 atom stereocenters. The van der Waals surface area contributed by atoms with E-state index in [0.29, 0.717) is 0 Å². The molecule has 1 aromatic heterocycles. The van der Waals surface area contributed by atoms with Gasteiger partial charge in [0.05, 0.1) is 30.5 Å². The lowest BCUT2D eigenvalue weighted by atomic mass is 10.1. The molecule has 1 N–H and O–H groups in total. The van der Waals surface area contributed by atoms with E-state index < -0.39 is 0 Å². The summed E-state index contributed by atoms with van der Waals surface area (Å²) in [6, 6.07) is 6.26. The third kappa shape index (κ3) is 3.71. The smallest absolute Gasteiger partial charge is 0.141 e. The van der Waals surface area contributed by atoms with Gasteiger partial charge >= 0.3 is 0 Å². The summed E-state index contributed by atoms with van der Waals surface area (Å²) >= 11 is 1.67. The number of anilines is 1. The first-order valence-corrected chi connectivity index (χ1v) is 7.42. The Morgan fingerprint density at radius 1 is 1.35 bits per heavy atom. The second kappa shape index (κ2) is 6.72. The molecule has 0 saturated heterocycles. The minimum Gasteiger partial charge on any atom is -0.495 e. The van der Waals surface area contributed by atoms with Gasteiger partial charge < -0.3 is 15.0 Å². The monoisotopic (exact) mass is 291 g/mol. The van der Waals surface area contributed by atoms with Gasteiger partial charge in [0.15, 0.2) is 0 Å². The number of hydrogen-bond acceptors (Lipinski definition) is 5. The van der Waals surface area contributed by atoms with Gasteiger partial charge in [-0.3, -0.25) is 0 Å². The molecule has 0 fully saturated rings. The lowest BCUT2D eigenvalue weighted by molar-refractivity contribution is 0.400. The highest BCUT2D eigenvalue weighted by molar-refractivity contribution is 7.09. The number of hydrogen-bond donors (Lipinski definition) is 1. The standard InChI is InChI=1S/C15H21N3OS/c1-11-15(20-10-17-11)8-16-13-7-12(9-18(2)3)5-6-14(13)19-4/h5-7,10,16H,8-9H2,1-4H3. The number of aryl methyl sites for hydroxylation is 1. The maximum Gasteiger partial charge on any atom is 0.141 e. The Labute approximate surface area is 124 Å². The van der Waals surface area contributed by atoms with Crippen LogP contribution in [0.15, 0.2) is 23.7 Å². The molecule has 2 aromatic rings. The van der Waals surface area contributed by atoms with Crippen LogP contribution in [0.1, 0.15) is 16.1 Å². The molecule has 108 valence electrons. The van der Waals surface area contributed by atoms with Crippen LogP contribution in [0.5, 0.6) is 5.75 Å².